The molecular formula is C28H25FN4O2. The molecule has 35 heavy (non-hydrogen) atoms. The number of rotatable bonds is 5. The van der Waals surface area contributed by atoms with E-state index in [0.29, 0.717) is 28.3 Å². The summed E-state index contributed by atoms with van der Waals surface area (Å²) in [7, 11) is 0. The number of nitrogens with zero attached hydrogens (tertiary/aromatic N) is 3. The molecule has 1 unspecified atom stereocenters. The summed E-state index contributed by atoms with van der Waals surface area (Å²) >= 11 is 0. The number of carbonyl (C=O) groups excluding carboxylic acids is 1. The number of hydrogen-bond acceptors (Lipinski definition) is 4. The van der Waals surface area contributed by atoms with E-state index in [2.05, 4.69) is 22.4 Å². The molecule has 6 nitrogen and oxygen atoms in total. The van der Waals surface area contributed by atoms with Crippen LogP contribution < -0.4 is 10.2 Å². The van der Waals surface area contributed by atoms with Gasteiger partial charge in [0, 0.05) is 11.3 Å². The number of benzene rings is 3. The van der Waals surface area contributed by atoms with E-state index in [0.717, 1.165) is 17.5 Å². The fourth-order valence-corrected chi connectivity index (χ4v) is 4.30. The molecule has 0 radical (unpaired) electrons. The zero-order chi connectivity index (χ0) is 24.5. The quantitative estimate of drug-likeness (QED) is 0.365. The molecule has 0 saturated carbocycles. The van der Waals surface area contributed by atoms with E-state index in [1.165, 1.54) is 17.7 Å². The fourth-order valence-electron chi connectivity index (χ4n) is 4.30. The molecule has 3 aromatic carbocycles. The Morgan fingerprint density at radius 3 is 2.46 bits per heavy atom. The van der Waals surface area contributed by atoms with Crippen molar-refractivity contribution in [3.63, 3.8) is 0 Å². The summed E-state index contributed by atoms with van der Waals surface area (Å²) in [6.07, 6.45) is 0.901. The molecule has 0 fully saturated rings. The SMILES string of the molecule is CCc1ccc(N2C(=O)NC(c3cccc(F)c3)C(c3nc(-c4ccc(C)cc4)no3)=C2C)cc1. The lowest BCUT2D eigenvalue weighted by atomic mass is 9.94. The zero-order valence-corrected chi connectivity index (χ0v) is 19.7. The minimum atomic E-state index is -0.657. The van der Waals surface area contributed by atoms with Gasteiger partial charge in [-0.3, -0.25) is 4.90 Å². The number of nitrogens with one attached hydrogen (secondary N) is 1. The molecular weight excluding hydrogens is 443 g/mol. The Morgan fingerprint density at radius 1 is 1.03 bits per heavy atom. The monoisotopic (exact) mass is 468 g/mol. The molecule has 1 aromatic heterocycles. The summed E-state index contributed by atoms with van der Waals surface area (Å²) in [6.45, 7) is 5.93. The van der Waals surface area contributed by atoms with Gasteiger partial charge in [0.05, 0.1) is 17.3 Å². The van der Waals surface area contributed by atoms with Crippen molar-refractivity contribution in [1.82, 2.24) is 15.5 Å². The van der Waals surface area contributed by atoms with Crippen molar-refractivity contribution in [2.75, 3.05) is 4.90 Å². The second-order valence-corrected chi connectivity index (χ2v) is 8.58. The molecule has 176 valence electrons. The number of aryl methyl sites for hydroxylation is 2. The molecule has 1 aliphatic heterocycles. The first-order chi connectivity index (χ1) is 16.9. The van der Waals surface area contributed by atoms with Gasteiger partial charge in [-0.05, 0) is 55.7 Å². The van der Waals surface area contributed by atoms with Gasteiger partial charge in [0.25, 0.3) is 5.89 Å². The Labute approximate surface area is 203 Å². The van der Waals surface area contributed by atoms with Gasteiger partial charge in [-0.2, -0.15) is 4.98 Å². The molecule has 0 aliphatic carbocycles. The van der Waals surface area contributed by atoms with Crippen molar-refractivity contribution in [3.05, 3.63) is 107 Å². The minimum Gasteiger partial charge on any atom is -0.334 e. The van der Waals surface area contributed by atoms with Crippen LogP contribution in [0.3, 0.4) is 0 Å². The van der Waals surface area contributed by atoms with Gasteiger partial charge in [-0.1, -0.05) is 66.2 Å². The molecule has 0 saturated heterocycles. The zero-order valence-electron chi connectivity index (χ0n) is 19.7. The van der Waals surface area contributed by atoms with Gasteiger partial charge >= 0.3 is 6.03 Å². The predicted molar refractivity (Wildman–Crippen MR) is 133 cm³/mol. The number of allylic oxidation sites excluding steroid dienone is 1. The number of carbonyl (C=O) groups is 1. The van der Waals surface area contributed by atoms with Gasteiger partial charge < -0.3 is 9.84 Å². The molecule has 5 rings (SSSR count). The number of aromatic nitrogens is 2. The lowest BCUT2D eigenvalue weighted by Crippen LogP contribution is -2.46. The number of hydrogen-bond donors (Lipinski definition) is 1. The Balaban J connectivity index is 1.64. The molecule has 2 heterocycles. The van der Waals surface area contributed by atoms with Crippen LogP contribution in [0.4, 0.5) is 14.9 Å². The van der Waals surface area contributed by atoms with Crippen LogP contribution >= 0.6 is 0 Å². The highest BCUT2D eigenvalue weighted by Gasteiger charge is 2.36. The van der Waals surface area contributed by atoms with Crippen LogP contribution in [-0.4, -0.2) is 16.2 Å². The third-order valence-electron chi connectivity index (χ3n) is 6.24. The number of amides is 2. The molecule has 1 atom stereocenters. The maximum atomic E-state index is 14.1. The normalized spacial score (nSPS) is 15.9. The third-order valence-corrected chi connectivity index (χ3v) is 6.24. The van der Waals surface area contributed by atoms with Gasteiger partial charge in [-0.15, -0.1) is 0 Å². The van der Waals surface area contributed by atoms with Crippen LogP contribution in [0.15, 0.2) is 83.0 Å². The van der Waals surface area contributed by atoms with Crippen molar-refractivity contribution in [1.29, 1.82) is 0 Å². The second kappa shape index (κ2) is 9.18. The smallest absolute Gasteiger partial charge is 0.326 e. The summed E-state index contributed by atoms with van der Waals surface area (Å²) in [4.78, 5) is 19.5. The van der Waals surface area contributed by atoms with Gasteiger partial charge in [-0.25, -0.2) is 9.18 Å². The lowest BCUT2D eigenvalue weighted by molar-refractivity contribution is 0.244. The number of urea groups is 1. The van der Waals surface area contributed by atoms with Crippen molar-refractivity contribution >= 4 is 17.3 Å². The molecule has 7 heteroatoms. The Bertz CT molecular complexity index is 1410. The molecule has 1 N–H and O–H groups in total. The first-order valence-electron chi connectivity index (χ1n) is 11.5. The summed E-state index contributed by atoms with van der Waals surface area (Å²) < 4.78 is 19.8. The van der Waals surface area contributed by atoms with Crippen molar-refractivity contribution in [3.8, 4) is 11.4 Å². The first kappa shape index (κ1) is 22.5. The van der Waals surface area contributed by atoms with E-state index >= 15 is 0 Å². The third kappa shape index (κ3) is 4.33. The summed E-state index contributed by atoms with van der Waals surface area (Å²) in [6, 6.07) is 20.8. The summed E-state index contributed by atoms with van der Waals surface area (Å²) in [5.41, 5.74) is 5.66. The van der Waals surface area contributed by atoms with Gasteiger partial charge in [0.2, 0.25) is 5.82 Å². The maximum absolute atomic E-state index is 14.1. The average molecular weight is 469 g/mol. The van der Waals surface area contributed by atoms with Crippen LogP contribution in [0.25, 0.3) is 17.0 Å². The standard InChI is InChI=1S/C28H25FN4O2/c1-4-19-10-14-23(15-11-19)33-18(3)24(25(30-28(33)34)21-6-5-7-22(29)16-21)27-31-26(32-35-27)20-12-8-17(2)9-13-20/h5-16,25H,4H2,1-3H3,(H,30,34). The fraction of sp³-hybridized carbons (Fsp3) is 0.179. The van der Waals surface area contributed by atoms with Crippen molar-refractivity contribution in [2.24, 2.45) is 0 Å². The van der Waals surface area contributed by atoms with E-state index < -0.39 is 11.9 Å². The van der Waals surface area contributed by atoms with Crippen LogP contribution in [0.5, 0.6) is 0 Å². The highest BCUT2D eigenvalue weighted by molar-refractivity contribution is 6.01. The van der Waals surface area contributed by atoms with Crippen LogP contribution in [-0.2, 0) is 6.42 Å². The van der Waals surface area contributed by atoms with E-state index in [4.69, 9.17) is 4.52 Å². The molecule has 4 aromatic rings. The van der Waals surface area contributed by atoms with Crippen LogP contribution in [0.1, 0.15) is 42.5 Å². The van der Waals surface area contributed by atoms with Gasteiger partial charge in [0.1, 0.15) is 5.82 Å². The largest absolute Gasteiger partial charge is 0.334 e. The minimum absolute atomic E-state index is 0.266. The van der Waals surface area contributed by atoms with Crippen LogP contribution in [0.2, 0.25) is 0 Å². The average Bonchev–Trinajstić information content (AvgIpc) is 3.34. The lowest BCUT2D eigenvalue weighted by Gasteiger charge is -2.35. The highest BCUT2D eigenvalue weighted by Crippen LogP contribution is 2.39. The second-order valence-electron chi connectivity index (χ2n) is 8.58. The first-order valence-corrected chi connectivity index (χ1v) is 11.5. The van der Waals surface area contributed by atoms with Crippen molar-refractivity contribution in [2.45, 2.75) is 33.2 Å². The van der Waals surface area contributed by atoms with E-state index in [1.807, 2.05) is 62.4 Å². The topological polar surface area (TPSA) is 71.3 Å². The van der Waals surface area contributed by atoms with Gasteiger partial charge in [0.15, 0.2) is 0 Å². The summed E-state index contributed by atoms with van der Waals surface area (Å²) in [5.74, 6) is 0.314. The predicted octanol–water partition coefficient (Wildman–Crippen LogP) is 6.45. The summed E-state index contributed by atoms with van der Waals surface area (Å²) in [5, 5.41) is 7.19. The van der Waals surface area contributed by atoms with Crippen molar-refractivity contribution < 1.29 is 13.7 Å². The molecule has 2 amide bonds. The van der Waals surface area contributed by atoms with E-state index in [1.54, 1.807) is 17.0 Å². The molecule has 0 bridgehead atoms. The molecule has 1 aliphatic rings. The Hall–Kier alpha value is -4.26. The highest BCUT2D eigenvalue weighted by atomic mass is 19.1. The maximum Gasteiger partial charge on any atom is 0.326 e. The molecule has 0 spiro atoms. The van der Waals surface area contributed by atoms with E-state index in [-0.39, 0.29) is 11.9 Å². The van der Waals surface area contributed by atoms with E-state index in [9.17, 15) is 9.18 Å². The number of anilines is 1. The Kier molecular flexibility index (Phi) is 5.91. The van der Waals surface area contributed by atoms with Crippen LogP contribution in [0, 0.1) is 12.7 Å². The Morgan fingerprint density at radius 2 is 1.77 bits per heavy atom. The number of halogens is 1.